The molecule has 28 heavy (non-hydrogen) atoms. The molecule has 0 bridgehead atoms. The lowest BCUT2D eigenvalue weighted by Gasteiger charge is -2.26. The highest BCUT2D eigenvalue weighted by atomic mass is 15.5. The van der Waals surface area contributed by atoms with Gasteiger partial charge in [-0.05, 0) is 10.8 Å². The zero-order valence-electron chi connectivity index (χ0n) is 14.2. The number of nitrogen functional groups attached to an aromatic ring is 2. The molecule has 0 saturated carbocycles. The van der Waals surface area contributed by atoms with Gasteiger partial charge in [0.15, 0.2) is 6.19 Å². The van der Waals surface area contributed by atoms with Crippen LogP contribution in [-0.4, -0.2) is 31.6 Å². The van der Waals surface area contributed by atoms with Crippen LogP contribution in [0, 0.1) is 22.8 Å². The first kappa shape index (κ1) is 16.7. The van der Waals surface area contributed by atoms with E-state index in [0.29, 0.717) is 17.2 Å². The number of aromatic amines is 1. The van der Waals surface area contributed by atoms with Crippen molar-refractivity contribution in [3.8, 4) is 23.7 Å². The maximum absolute atomic E-state index is 9.35. The van der Waals surface area contributed by atoms with Crippen molar-refractivity contribution in [3.05, 3.63) is 41.0 Å². The SMILES string of the molecule is N#CNC1=NC(c2ccc(-c3nn[nH]n3)cc2)c2c(nc(N)c(C#N)c2N)N1. The molecule has 12 nitrogen and oxygen atoms in total. The van der Waals surface area contributed by atoms with Crippen molar-refractivity contribution in [1.82, 2.24) is 30.9 Å². The summed E-state index contributed by atoms with van der Waals surface area (Å²) < 4.78 is 0. The summed E-state index contributed by atoms with van der Waals surface area (Å²) in [7, 11) is 0. The fourth-order valence-electron chi connectivity index (χ4n) is 2.92. The van der Waals surface area contributed by atoms with E-state index in [1.165, 1.54) is 0 Å². The summed E-state index contributed by atoms with van der Waals surface area (Å²) in [5.74, 6) is 0.969. The van der Waals surface area contributed by atoms with Gasteiger partial charge in [0.1, 0.15) is 29.3 Å². The van der Waals surface area contributed by atoms with Gasteiger partial charge in [0.2, 0.25) is 11.8 Å². The molecule has 0 spiro atoms. The van der Waals surface area contributed by atoms with E-state index < -0.39 is 6.04 Å². The summed E-state index contributed by atoms with van der Waals surface area (Å²) in [6.07, 6.45) is 1.81. The number of aromatic nitrogens is 5. The molecule has 0 amide bonds. The number of benzene rings is 1. The number of pyridine rings is 1. The number of nitriles is 2. The Bertz CT molecular complexity index is 1150. The summed E-state index contributed by atoms with van der Waals surface area (Å²) in [6.45, 7) is 0. The second kappa shape index (κ2) is 6.54. The van der Waals surface area contributed by atoms with Gasteiger partial charge in [-0.25, -0.2) is 9.98 Å². The van der Waals surface area contributed by atoms with Gasteiger partial charge in [-0.3, -0.25) is 5.32 Å². The van der Waals surface area contributed by atoms with Crippen molar-refractivity contribution in [2.24, 2.45) is 4.99 Å². The van der Waals surface area contributed by atoms with Gasteiger partial charge in [0.05, 0.1) is 5.69 Å². The Labute approximate surface area is 157 Å². The highest BCUT2D eigenvalue weighted by Gasteiger charge is 2.29. The molecule has 3 heterocycles. The quantitative estimate of drug-likeness (QED) is 0.306. The fourth-order valence-corrected chi connectivity index (χ4v) is 2.92. The molecule has 2 aromatic heterocycles. The summed E-state index contributed by atoms with van der Waals surface area (Å²) in [5.41, 5.74) is 14.3. The standard InChI is InChI=1S/C16H12N12/c17-5-9-11(19)10-12(22-16(21-6-18)24-15(10)23-13(9)20)7-1-3-8(4-2-7)14-25-27-28-26-14/h1-4,12H,(H,25,26,27,28)(H6,19,20,21,22,23,24). The van der Waals surface area contributed by atoms with Crippen LogP contribution >= 0.6 is 0 Å². The number of guanidine groups is 1. The fraction of sp³-hybridized carbons (Fsp3) is 0.0625. The number of rotatable bonds is 2. The minimum Gasteiger partial charge on any atom is -0.397 e. The van der Waals surface area contributed by atoms with Crippen LogP contribution in [0.5, 0.6) is 0 Å². The third kappa shape index (κ3) is 2.67. The predicted molar refractivity (Wildman–Crippen MR) is 99.0 cm³/mol. The van der Waals surface area contributed by atoms with Crippen molar-refractivity contribution >= 4 is 23.3 Å². The van der Waals surface area contributed by atoms with Crippen LogP contribution in [0.2, 0.25) is 0 Å². The Morgan fingerprint density at radius 1 is 1.14 bits per heavy atom. The maximum Gasteiger partial charge on any atom is 0.211 e. The van der Waals surface area contributed by atoms with Gasteiger partial charge in [-0.2, -0.15) is 15.7 Å². The normalized spacial score (nSPS) is 14.8. The van der Waals surface area contributed by atoms with Gasteiger partial charge in [0, 0.05) is 11.1 Å². The highest BCUT2D eigenvalue weighted by Crippen LogP contribution is 2.40. The molecule has 1 aromatic carbocycles. The summed E-state index contributed by atoms with van der Waals surface area (Å²) >= 11 is 0. The van der Waals surface area contributed by atoms with Crippen LogP contribution in [0.25, 0.3) is 11.4 Å². The molecule has 136 valence electrons. The average Bonchev–Trinajstić information content (AvgIpc) is 3.23. The largest absolute Gasteiger partial charge is 0.397 e. The number of nitrogens with two attached hydrogens (primary N) is 2. The summed E-state index contributed by atoms with van der Waals surface area (Å²) in [6, 6.07) is 8.61. The second-order valence-electron chi connectivity index (χ2n) is 5.76. The monoisotopic (exact) mass is 372 g/mol. The van der Waals surface area contributed by atoms with Crippen molar-refractivity contribution in [2.45, 2.75) is 6.04 Å². The van der Waals surface area contributed by atoms with Crippen LogP contribution in [0.1, 0.15) is 22.7 Å². The van der Waals surface area contributed by atoms with Crippen molar-refractivity contribution in [1.29, 1.82) is 10.5 Å². The number of hydrogen-bond acceptors (Lipinski definition) is 11. The summed E-state index contributed by atoms with van der Waals surface area (Å²) in [5, 5.41) is 37.4. The van der Waals surface area contributed by atoms with E-state index in [1.54, 1.807) is 18.3 Å². The third-order valence-corrected chi connectivity index (χ3v) is 4.19. The van der Waals surface area contributed by atoms with E-state index in [-0.39, 0.29) is 23.0 Å². The van der Waals surface area contributed by atoms with Crippen LogP contribution < -0.4 is 22.1 Å². The number of tetrazole rings is 1. The average molecular weight is 372 g/mol. The van der Waals surface area contributed by atoms with E-state index in [2.05, 4.69) is 41.2 Å². The molecular formula is C16H12N12. The number of hydrogen-bond donors (Lipinski definition) is 5. The molecule has 0 aliphatic carbocycles. The Morgan fingerprint density at radius 3 is 2.57 bits per heavy atom. The van der Waals surface area contributed by atoms with E-state index in [4.69, 9.17) is 16.7 Å². The maximum atomic E-state index is 9.35. The number of H-pyrrole nitrogens is 1. The Hall–Kier alpha value is -4.71. The molecule has 12 heteroatoms. The lowest BCUT2D eigenvalue weighted by molar-refractivity contribution is 0.847. The van der Waals surface area contributed by atoms with E-state index in [9.17, 15) is 5.26 Å². The van der Waals surface area contributed by atoms with Crippen LogP contribution in [0.15, 0.2) is 29.3 Å². The first-order valence-corrected chi connectivity index (χ1v) is 7.95. The molecular weight excluding hydrogens is 360 g/mol. The molecule has 4 rings (SSSR count). The summed E-state index contributed by atoms with van der Waals surface area (Å²) in [4.78, 5) is 8.71. The van der Waals surface area contributed by atoms with Crippen molar-refractivity contribution in [3.63, 3.8) is 0 Å². The van der Waals surface area contributed by atoms with Crippen molar-refractivity contribution < 1.29 is 0 Å². The molecule has 1 atom stereocenters. The van der Waals surface area contributed by atoms with Gasteiger partial charge in [0.25, 0.3) is 0 Å². The molecule has 3 aromatic rings. The Kier molecular flexibility index (Phi) is 3.91. The lowest BCUT2D eigenvalue weighted by Crippen LogP contribution is -2.32. The topological polar surface area (TPSA) is 203 Å². The van der Waals surface area contributed by atoms with Crippen LogP contribution in [-0.2, 0) is 0 Å². The minimum absolute atomic E-state index is 0.00402. The first-order chi connectivity index (χ1) is 13.6. The number of nitrogens with zero attached hydrogens (tertiary/aromatic N) is 7. The number of anilines is 3. The van der Waals surface area contributed by atoms with Gasteiger partial charge < -0.3 is 16.8 Å². The predicted octanol–water partition coefficient (Wildman–Crippen LogP) is 0.239. The lowest BCUT2D eigenvalue weighted by atomic mass is 9.94. The van der Waals surface area contributed by atoms with Crippen LogP contribution in [0.4, 0.5) is 17.3 Å². The van der Waals surface area contributed by atoms with Gasteiger partial charge in [-0.15, -0.1) is 10.2 Å². The first-order valence-electron chi connectivity index (χ1n) is 7.95. The number of nitrogens with one attached hydrogen (secondary N) is 3. The Balaban J connectivity index is 1.84. The smallest absolute Gasteiger partial charge is 0.211 e. The molecule has 7 N–H and O–H groups in total. The molecule has 1 aliphatic heterocycles. The highest BCUT2D eigenvalue weighted by molar-refractivity contribution is 5.98. The van der Waals surface area contributed by atoms with Crippen LogP contribution in [0.3, 0.4) is 0 Å². The number of aliphatic imine (C=N–C) groups is 1. The van der Waals surface area contributed by atoms with Gasteiger partial charge >= 0.3 is 0 Å². The molecule has 1 unspecified atom stereocenters. The third-order valence-electron chi connectivity index (χ3n) is 4.19. The molecule has 1 aliphatic rings. The van der Waals surface area contributed by atoms with E-state index >= 15 is 0 Å². The van der Waals surface area contributed by atoms with Gasteiger partial charge in [-0.1, -0.05) is 24.3 Å². The van der Waals surface area contributed by atoms with E-state index in [1.807, 2.05) is 18.2 Å². The zero-order valence-corrected chi connectivity index (χ0v) is 14.2. The molecule has 0 fully saturated rings. The van der Waals surface area contributed by atoms with Crippen molar-refractivity contribution in [2.75, 3.05) is 16.8 Å². The second-order valence-corrected chi connectivity index (χ2v) is 5.76. The zero-order chi connectivity index (χ0) is 19.7. The number of fused-ring (bicyclic) bond motifs is 1. The molecule has 0 saturated heterocycles. The molecule has 0 radical (unpaired) electrons. The minimum atomic E-state index is -0.605. The van der Waals surface area contributed by atoms with E-state index in [0.717, 1.165) is 11.1 Å². The Morgan fingerprint density at radius 2 is 1.93 bits per heavy atom.